The lowest BCUT2D eigenvalue weighted by Crippen LogP contribution is -2.43. The fourth-order valence-electron chi connectivity index (χ4n) is 6.76. The highest BCUT2D eigenvalue weighted by molar-refractivity contribution is 6.02. The SMILES string of the molecule is CC1(C)CC(=O)C2=C(Cc3[nH]nc(C4CC(F)(F)C4)c3C23CCc2ccccc23)C1. The first-order chi connectivity index (χ1) is 14.2. The number of H-pyrrole nitrogens is 1. The zero-order valence-corrected chi connectivity index (χ0v) is 17.4. The lowest BCUT2D eigenvalue weighted by Gasteiger charge is -2.45. The number of fused-ring (bicyclic) bond motifs is 5. The summed E-state index contributed by atoms with van der Waals surface area (Å²) in [5, 5.41) is 7.82. The second kappa shape index (κ2) is 5.68. The van der Waals surface area contributed by atoms with E-state index >= 15 is 0 Å². The maximum absolute atomic E-state index is 13.7. The Morgan fingerprint density at radius 3 is 2.67 bits per heavy atom. The van der Waals surface area contributed by atoms with Crippen LogP contribution in [0.1, 0.15) is 79.9 Å². The minimum Gasteiger partial charge on any atom is -0.294 e. The highest BCUT2D eigenvalue weighted by Crippen LogP contribution is 2.60. The van der Waals surface area contributed by atoms with Crippen LogP contribution in [0.15, 0.2) is 35.4 Å². The molecular weight excluding hydrogens is 382 g/mol. The van der Waals surface area contributed by atoms with Crippen LogP contribution in [0, 0.1) is 5.41 Å². The fraction of sp³-hybridized carbons (Fsp3) is 0.520. The predicted octanol–water partition coefficient (Wildman–Crippen LogP) is 5.40. The summed E-state index contributed by atoms with van der Waals surface area (Å²) in [6, 6.07) is 8.37. The number of benzene rings is 1. The van der Waals surface area contributed by atoms with Crippen molar-refractivity contribution < 1.29 is 13.6 Å². The summed E-state index contributed by atoms with van der Waals surface area (Å²) >= 11 is 0. The summed E-state index contributed by atoms with van der Waals surface area (Å²) < 4.78 is 27.5. The first-order valence-corrected chi connectivity index (χ1v) is 11.0. The molecule has 6 rings (SSSR count). The van der Waals surface area contributed by atoms with Gasteiger partial charge >= 0.3 is 0 Å². The number of nitrogens with one attached hydrogen (secondary N) is 1. The molecule has 1 saturated carbocycles. The number of nitrogens with zero attached hydrogens (tertiary/aromatic N) is 1. The van der Waals surface area contributed by atoms with E-state index in [-0.39, 0.29) is 30.0 Å². The lowest BCUT2D eigenvalue weighted by molar-refractivity contribution is -0.118. The Hall–Kier alpha value is -2.30. The van der Waals surface area contributed by atoms with Crippen LogP contribution in [-0.2, 0) is 23.1 Å². The van der Waals surface area contributed by atoms with Gasteiger partial charge in [0.15, 0.2) is 5.78 Å². The molecule has 1 atom stereocenters. The number of aromatic nitrogens is 2. The number of alkyl halides is 2. The third-order valence-corrected chi connectivity index (χ3v) is 7.80. The molecule has 1 fully saturated rings. The molecule has 0 aliphatic heterocycles. The van der Waals surface area contributed by atoms with Gasteiger partial charge in [-0.3, -0.25) is 9.89 Å². The zero-order valence-electron chi connectivity index (χ0n) is 17.4. The van der Waals surface area contributed by atoms with Crippen LogP contribution in [-0.4, -0.2) is 21.9 Å². The van der Waals surface area contributed by atoms with Gasteiger partial charge < -0.3 is 0 Å². The van der Waals surface area contributed by atoms with Crippen LogP contribution in [0.5, 0.6) is 0 Å². The van der Waals surface area contributed by atoms with Crippen molar-refractivity contribution in [2.24, 2.45) is 5.41 Å². The van der Waals surface area contributed by atoms with Crippen molar-refractivity contribution in [3.63, 3.8) is 0 Å². The van der Waals surface area contributed by atoms with Crippen LogP contribution in [0.4, 0.5) is 8.78 Å². The largest absolute Gasteiger partial charge is 0.294 e. The monoisotopic (exact) mass is 408 g/mol. The van der Waals surface area contributed by atoms with Crippen LogP contribution in [0.3, 0.4) is 0 Å². The summed E-state index contributed by atoms with van der Waals surface area (Å²) in [6.07, 6.45) is 3.55. The summed E-state index contributed by atoms with van der Waals surface area (Å²) in [5.74, 6) is -2.60. The number of carbonyl (C=O) groups is 1. The van der Waals surface area contributed by atoms with Crippen molar-refractivity contribution in [3.8, 4) is 0 Å². The predicted molar refractivity (Wildman–Crippen MR) is 110 cm³/mol. The van der Waals surface area contributed by atoms with E-state index < -0.39 is 11.3 Å². The van der Waals surface area contributed by atoms with Crippen LogP contribution < -0.4 is 0 Å². The average molecular weight is 408 g/mol. The highest BCUT2D eigenvalue weighted by Gasteiger charge is 2.56. The average Bonchev–Trinajstić information content (AvgIpc) is 3.21. The topological polar surface area (TPSA) is 45.8 Å². The first kappa shape index (κ1) is 18.5. The molecule has 1 N–H and O–H groups in total. The van der Waals surface area contributed by atoms with Crippen molar-refractivity contribution >= 4 is 5.78 Å². The van der Waals surface area contributed by atoms with Crippen molar-refractivity contribution in [1.82, 2.24) is 10.2 Å². The number of Topliss-reactive ketones (excluding diaryl/α,β-unsaturated/α-hetero) is 1. The highest BCUT2D eigenvalue weighted by atomic mass is 19.3. The number of carbonyl (C=O) groups excluding carboxylic acids is 1. The third kappa shape index (κ3) is 2.35. The van der Waals surface area contributed by atoms with Gasteiger partial charge in [0, 0.05) is 48.4 Å². The van der Waals surface area contributed by atoms with E-state index in [0.717, 1.165) is 41.8 Å². The van der Waals surface area contributed by atoms with E-state index in [2.05, 4.69) is 36.2 Å². The van der Waals surface area contributed by atoms with Gasteiger partial charge in [0.25, 0.3) is 0 Å². The summed E-state index contributed by atoms with van der Waals surface area (Å²) in [5.41, 5.74) is 6.88. The molecule has 0 radical (unpaired) electrons. The lowest BCUT2D eigenvalue weighted by atomic mass is 9.57. The standard InChI is InChI=1S/C25H26F2N2O/c1-23(2)10-15-9-18-21(22(29-28-18)16-11-24(26,27)12-16)25(20(15)19(30)13-23)8-7-14-5-3-4-6-17(14)25/h3-6,16H,7-13H2,1-2H3,(H,28,29). The molecule has 2 aromatic rings. The third-order valence-electron chi connectivity index (χ3n) is 7.80. The van der Waals surface area contributed by atoms with E-state index in [1.165, 1.54) is 16.7 Å². The molecule has 1 aromatic carbocycles. The fourth-order valence-corrected chi connectivity index (χ4v) is 6.76. The van der Waals surface area contributed by atoms with E-state index in [1.807, 2.05) is 12.1 Å². The van der Waals surface area contributed by atoms with Gasteiger partial charge in [-0.1, -0.05) is 43.7 Å². The number of allylic oxidation sites excluding steroid dienone is 2. The number of ketones is 1. The molecule has 4 aliphatic carbocycles. The molecule has 4 aliphatic rings. The Morgan fingerprint density at radius 2 is 1.90 bits per heavy atom. The van der Waals surface area contributed by atoms with E-state index in [1.54, 1.807) is 0 Å². The van der Waals surface area contributed by atoms with E-state index in [0.29, 0.717) is 12.8 Å². The molecule has 5 heteroatoms. The Balaban J connectivity index is 1.60. The normalized spacial score (nSPS) is 28.9. The maximum Gasteiger partial charge on any atom is 0.249 e. The van der Waals surface area contributed by atoms with Crippen molar-refractivity contribution in [2.45, 2.75) is 76.0 Å². The molecule has 3 nitrogen and oxygen atoms in total. The van der Waals surface area contributed by atoms with Crippen LogP contribution in [0.25, 0.3) is 0 Å². The molecule has 1 unspecified atom stereocenters. The van der Waals surface area contributed by atoms with Gasteiger partial charge in [-0.2, -0.15) is 5.10 Å². The van der Waals surface area contributed by atoms with Crippen molar-refractivity contribution in [3.05, 3.63) is 63.5 Å². The smallest absolute Gasteiger partial charge is 0.249 e. The van der Waals surface area contributed by atoms with Crippen LogP contribution in [0.2, 0.25) is 0 Å². The number of halogens is 2. The zero-order chi connectivity index (χ0) is 20.9. The Labute approximate surface area is 175 Å². The quantitative estimate of drug-likeness (QED) is 0.687. The van der Waals surface area contributed by atoms with Crippen molar-refractivity contribution in [1.29, 1.82) is 0 Å². The van der Waals surface area contributed by atoms with Gasteiger partial charge in [-0.15, -0.1) is 0 Å². The number of rotatable bonds is 1. The number of hydrogen-bond acceptors (Lipinski definition) is 2. The van der Waals surface area contributed by atoms with Gasteiger partial charge in [-0.25, -0.2) is 8.78 Å². The molecule has 0 amide bonds. The molecule has 30 heavy (non-hydrogen) atoms. The molecule has 0 bridgehead atoms. The minimum atomic E-state index is -2.60. The van der Waals surface area contributed by atoms with Gasteiger partial charge in [-0.05, 0) is 35.8 Å². The van der Waals surface area contributed by atoms with Gasteiger partial charge in [0.1, 0.15) is 0 Å². The van der Waals surface area contributed by atoms with E-state index in [4.69, 9.17) is 0 Å². The second-order valence-electron chi connectivity index (χ2n) is 10.6. The maximum atomic E-state index is 13.7. The number of aromatic amines is 1. The molecule has 1 spiro atoms. The number of hydrogen-bond donors (Lipinski definition) is 1. The Morgan fingerprint density at radius 1 is 1.13 bits per heavy atom. The Kier molecular flexibility index (Phi) is 3.50. The number of aryl methyl sites for hydroxylation is 1. The Bertz CT molecular complexity index is 1120. The molecule has 1 aromatic heterocycles. The minimum absolute atomic E-state index is 0.0500. The van der Waals surface area contributed by atoms with Crippen LogP contribution >= 0.6 is 0 Å². The molecule has 156 valence electrons. The van der Waals surface area contributed by atoms with Crippen molar-refractivity contribution in [2.75, 3.05) is 0 Å². The summed E-state index contributed by atoms with van der Waals surface area (Å²) in [4.78, 5) is 13.6. The van der Waals surface area contributed by atoms with Gasteiger partial charge in [0.05, 0.1) is 11.1 Å². The second-order valence-corrected chi connectivity index (χ2v) is 10.6. The molecule has 0 saturated heterocycles. The van der Waals surface area contributed by atoms with E-state index in [9.17, 15) is 13.6 Å². The molecule has 1 heterocycles. The van der Waals surface area contributed by atoms with Gasteiger partial charge in [0.2, 0.25) is 5.92 Å². The molecular formula is C25H26F2N2O. The summed E-state index contributed by atoms with van der Waals surface area (Å²) in [7, 11) is 0. The summed E-state index contributed by atoms with van der Waals surface area (Å²) in [6.45, 7) is 4.32. The first-order valence-electron chi connectivity index (χ1n) is 11.0.